The number of aromatic nitrogens is 2. The van der Waals surface area contributed by atoms with Crippen LogP contribution in [-0.2, 0) is 16.6 Å². The first-order valence-corrected chi connectivity index (χ1v) is 6.78. The number of rotatable bonds is 2. The summed E-state index contributed by atoms with van der Waals surface area (Å²) >= 11 is 0. The third-order valence-electron chi connectivity index (χ3n) is 3.95. The number of carbonyl (C=O) groups is 2. The van der Waals surface area contributed by atoms with Crippen LogP contribution in [0.2, 0.25) is 0 Å². The van der Waals surface area contributed by atoms with E-state index in [-0.39, 0.29) is 29.9 Å². The number of hydrogen-bond donors (Lipinski definition) is 0. The summed E-state index contributed by atoms with van der Waals surface area (Å²) in [6.07, 6.45) is 0.557. The molecule has 114 valence electrons. The molecule has 1 unspecified atom stereocenters. The van der Waals surface area contributed by atoms with Crippen LogP contribution in [0.5, 0.6) is 0 Å². The van der Waals surface area contributed by atoms with Crippen molar-refractivity contribution in [3.63, 3.8) is 0 Å². The molecule has 0 aromatic carbocycles. The second-order valence-corrected chi connectivity index (χ2v) is 5.27. The predicted octanol–water partition coefficient (Wildman–Crippen LogP) is 0.0322. The minimum atomic E-state index is -0.412. The van der Waals surface area contributed by atoms with E-state index in [1.54, 1.807) is 13.8 Å². The summed E-state index contributed by atoms with van der Waals surface area (Å²) in [7, 11) is 2.85. The Morgan fingerprint density at radius 2 is 2.00 bits per heavy atom. The molecule has 21 heavy (non-hydrogen) atoms. The molecule has 0 N–H and O–H groups in total. The normalized spacial score (nSPS) is 17.9. The summed E-state index contributed by atoms with van der Waals surface area (Å²) < 4.78 is 5.87. The van der Waals surface area contributed by atoms with Gasteiger partial charge in [-0.3, -0.25) is 14.4 Å². The fraction of sp³-hybridized carbons (Fsp3) is 0.571. The van der Waals surface area contributed by atoms with E-state index in [9.17, 15) is 14.4 Å². The van der Waals surface area contributed by atoms with Crippen molar-refractivity contribution in [3.8, 4) is 0 Å². The zero-order valence-corrected chi connectivity index (χ0v) is 12.7. The summed E-state index contributed by atoms with van der Waals surface area (Å²) in [6.45, 7) is 4.20. The predicted molar refractivity (Wildman–Crippen MR) is 75.0 cm³/mol. The lowest BCUT2D eigenvalue weighted by Gasteiger charge is -2.18. The molecule has 2 rings (SSSR count). The first kappa shape index (κ1) is 15.2. The van der Waals surface area contributed by atoms with Gasteiger partial charge in [0.1, 0.15) is 5.56 Å². The molecule has 0 bridgehead atoms. The molecule has 0 radical (unpaired) electrons. The Balaban J connectivity index is 2.31. The monoisotopic (exact) mass is 293 g/mol. The van der Waals surface area contributed by atoms with Crippen LogP contribution in [-0.4, -0.2) is 46.8 Å². The maximum absolute atomic E-state index is 12.6. The molecule has 1 aliphatic heterocycles. The van der Waals surface area contributed by atoms with Gasteiger partial charge in [-0.1, -0.05) is 0 Å². The van der Waals surface area contributed by atoms with Gasteiger partial charge in [-0.05, 0) is 25.8 Å². The van der Waals surface area contributed by atoms with Gasteiger partial charge in [-0.2, -0.15) is 5.10 Å². The van der Waals surface area contributed by atoms with E-state index in [1.165, 1.54) is 23.7 Å². The van der Waals surface area contributed by atoms with Crippen LogP contribution in [0.4, 0.5) is 0 Å². The van der Waals surface area contributed by atoms with Gasteiger partial charge in [0.25, 0.3) is 11.5 Å². The van der Waals surface area contributed by atoms with Crippen LogP contribution in [0.15, 0.2) is 4.79 Å². The van der Waals surface area contributed by atoms with Crippen LogP contribution in [0.1, 0.15) is 28.0 Å². The minimum Gasteiger partial charge on any atom is -0.469 e. The summed E-state index contributed by atoms with van der Waals surface area (Å²) in [5.41, 5.74) is 0.953. The first-order valence-electron chi connectivity index (χ1n) is 6.78. The molecule has 1 fully saturated rings. The molecule has 0 aliphatic carbocycles. The lowest BCUT2D eigenvalue weighted by Crippen LogP contribution is -2.37. The van der Waals surface area contributed by atoms with Crippen molar-refractivity contribution in [3.05, 3.63) is 27.2 Å². The topological polar surface area (TPSA) is 81.5 Å². The van der Waals surface area contributed by atoms with Gasteiger partial charge < -0.3 is 9.64 Å². The average Bonchev–Trinajstić information content (AvgIpc) is 2.94. The standard InChI is InChI=1S/C14H19N3O4/c1-8-9(2)15-16(3)12(18)11(8)13(19)17-6-5-10(7-17)14(20)21-4/h10H,5-7H2,1-4H3. The smallest absolute Gasteiger partial charge is 0.310 e. The van der Waals surface area contributed by atoms with Gasteiger partial charge in [-0.15, -0.1) is 0 Å². The second kappa shape index (κ2) is 5.67. The van der Waals surface area contributed by atoms with E-state index >= 15 is 0 Å². The molecule has 1 saturated heterocycles. The Morgan fingerprint density at radius 3 is 2.62 bits per heavy atom. The Hall–Kier alpha value is -2.18. The van der Waals surface area contributed by atoms with Crippen molar-refractivity contribution in [1.82, 2.24) is 14.7 Å². The molecule has 1 aromatic rings. The van der Waals surface area contributed by atoms with E-state index < -0.39 is 5.56 Å². The quantitative estimate of drug-likeness (QED) is 0.719. The number of likely N-dealkylation sites (tertiary alicyclic amines) is 1. The van der Waals surface area contributed by atoms with Gasteiger partial charge in [0.2, 0.25) is 0 Å². The zero-order chi connectivity index (χ0) is 15.7. The van der Waals surface area contributed by atoms with Crippen LogP contribution >= 0.6 is 0 Å². The van der Waals surface area contributed by atoms with Crippen LogP contribution in [0, 0.1) is 19.8 Å². The molecular weight excluding hydrogens is 274 g/mol. The number of amides is 1. The summed E-state index contributed by atoms with van der Waals surface area (Å²) in [4.78, 5) is 37.8. The fourth-order valence-corrected chi connectivity index (χ4v) is 2.56. The van der Waals surface area contributed by atoms with Crippen molar-refractivity contribution >= 4 is 11.9 Å². The van der Waals surface area contributed by atoms with Crippen LogP contribution < -0.4 is 5.56 Å². The number of esters is 1. The highest BCUT2D eigenvalue weighted by molar-refractivity contribution is 5.96. The molecule has 7 heteroatoms. The maximum Gasteiger partial charge on any atom is 0.310 e. The zero-order valence-electron chi connectivity index (χ0n) is 12.7. The van der Waals surface area contributed by atoms with E-state index in [2.05, 4.69) is 5.10 Å². The van der Waals surface area contributed by atoms with Crippen LogP contribution in [0.3, 0.4) is 0 Å². The molecule has 1 amide bonds. The highest BCUT2D eigenvalue weighted by Crippen LogP contribution is 2.20. The SMILES string of the molecule is COC(=O)C1CCN(C(=O)c2c(C)c(C)nn(C)c2=O)C1. The number of carbonyl (C=O) groups excluding carboxylic acids is 2. The molecule has 1 aliphatic rings. The van der Waals surface area contributed by atoms with Crippen molar-refractivity contribution in [2.75, 3.05) is 20.2 Å². The highest BCUT2D eigenvalue weighted by Gasteiger charge is 2.34. The van der Waals surface area contributed by atoms with E-state index in [4.69, 9.17) is 4.74 Å². The molecule has 1 aromatic heterocycles. The van der Waals surface area contributed by atoms with E-state index in [0.29, 0.717) is 24.2 Å². The Morgan fingerprint density at radius 1 is 1.33 bits per heavy atom. The van der Waals surface area contributed by atoms with Gasteiger partial charge in [-0.25, -0.2) is 4.68 Å². The number of aryl methyl sites for hydroxylation is 2. The molecular formula is C14H19N3O4. The Labute approximate surface area is 122 Å². The van der Waals surface area contributed by atoms with E-state index in [1.807, 2.05) is 0 Å². The first-order chi connectivity index (χ1) is 9.86. The van der Waals surface area contributed by atoms with Crippen LogP contribution in [0.25, 0.3) is 0 Å². The molecule has 1 atom stereocenters. The average molecular weight is 293 g/mol. The molecule has 0 spiro atoms. The van der Waals surface area contributed by atoms with Gasteiger partial charge in [0.05, 0.1) is 18.7 Å². The van der Waals surface area contributed by atoms with Crippen molar-refractivity contribution in [2.24, 2.45) is 13.0 Å². The number of ether oxygens (including phenoxy) is 1. The molecule has 7 nitrogen and oxygen atoms in total. The highest BCUT2D eigenvalue weighted by atomic mass is 16.5. The third-order valence-corrected chi connectivity index (χ3v) is 3.95. The van der Waals surface area contributed by atoms with Gasteiger partial charge in [0.15, 0.2) is 0 Å². The van der Waals surface area contributed by atoms with E-state index in [0.717, 1.165) is 0 Å². The lowest BCUT2D eigenvalue weighted by molar-refractivity contribution is -0.144. The Kier molecular flexibility index (Phi) is 4.11. The number of methoxy groups -OCH3 is 1. The van der Waals surface area contributed by atoms with Crippen molar-refractivity contribution in [2.45, 2.75) is 20.3 Å². The molecule has 2 heterocycles. The van der Waals surface area contributed by atoms with Crippen molar-refractivity contribution in [1.29, 1.82) is 0 Å². The lowest BCUT2D eigenvalue weighted by atomic mass is 10.1. The summed E-state index contributed by atoms with van der Waals surface area (Å²) in [5, 5.41) is 4.06. The second-order valence-electron chi connectivity index (χ2n) is 5.27. The fourth-order valence-electron chi connectivity index (χ4n) is 2.56. The minimum absolute atomic E-state index is 0.135. The Bertz CT molecular complexity index is 650. The summed E-state index contributed by atoms with van der Waals surface area (Å²) in [6, 6.07) is 0. The van der Waals surface area contributed by atoms with Gasteiger partial charge in [0, 0.05) is 20.1 Å². The van der Waals surface area contributed by atoms with Gasteiger partial charge >= 0.3 is 5.97 Å². The largest absolute Gasteiger partial charge is 0.469 e. The number of hydrogen-bond acceptors (Lipinski definition) is 5. The third kappa shape index (κ3) is 2.68. The number of nitrogens with zero attached hydrogens (tertiary/aromatic N) is 3. The molecule has 0 saturated carbocycles. The maximum atomic E-state index is 12.6. The summed E-state index contributed by atoms with van der Waals surface area (Å²) in [5.74, 6) is -0.975. The van der Waals surface area contributed by atoms with Crippen molar-refractivity contribution < 1.29 is 14.3 Å².